The fraction of sp³-hybridized carbons (Fsp3) is 0.611. The van der Waals surface area contributed by atoms with Crippen molar-refractivity contribution in [2.24, 2.45) is 0 Å². The van der Waals surface area contributed by atoms with Crippen molar-refractivity contribution in [3.63, 3.8) is 0 Å². The number of benzene rings is 1. The van der Waals surface area contributed by atoms with Crippen molar-refractivity contribution < 1.29 is 19.0 Å². The van der Waals surface area contributed by atoms with E-state index in [4.69, 9.17) is 14.2 Å². The highest BCUT2D eigenvalue weighted by molar-refractivity contribution is 5.69. The van der Waals surface area contributed by atoms with Crippen LogP contribution in [0.25, 0.3) is 0 Å². The fourth-order valence-electron chi connectivity index (χ4n) is 2.07. The number of ether oxygens (including phenoxy) is 3. The van der Waals surface area contributed by atoms with Crippen molar-refractivity contribution in [2.45, 2.75) is 59.2 Å². The third kappa shape index (κ3) is 8.15. The van der Waals surface area contributed by atoms with Gasteiger partial charge in [-0.1, -0.05) is 26.0 Å². The predicted octanol–water partition coefficient (Wildman–Crippen LogP) is 4.11. The zero-order valence-corrected chi connectivity index (χ0v) is 14.0. The molecule has 1 rings (SSSR count). The molecule has 0 fully saturated rings. The Balaban J connectivity index is 2.17. The Labute approximate surface area is 133 Å². The molecule has 0 aliphatic carbocycles. The van der Waals surface area contributed by atoms with Gasteiger partial charge in [-0.25, -0.2) is 0 Å². The molecule has 0 N–H and O–H groups in total. The summed E-state index contributed by atoms with van der Waals surface area (Å²) in [6.07, 6.45) is 4.91. The summed E-state index contributed by atoms with van der Waals surface area (Å²) in [6.45, 7) is 7.06. The normalized spacial score (nSPS) is 12.1. The van der Waals surface area contributed by atoms with E-state index in [1.807, 2.05) is 24.3 Å². The van der Waals surface area contributed by atoms with Gasteiger partial charge in [-0.05, 0) is 49.8 Å². The van der Waals surface area contributed by atoms with Crippen LogP contribution < -0.4 is 4.74 Å². The van der Waals surface area contributed by atoms with Crippen LogP contribution in [-0.2, 0) is 20.7 Å². The third-order valence-corrected chi connectivity index (χ3v) is 3.19. The first-order valence-corrected chi connectivity index (χ1v) is 8.16. The molecule has 1 aromatic carbocycles. The van der Waals surface area contributed by atoms with E-state index in [2.05, 4.69) is 13.8 Å². The highest BCUT2D eigenvalue weighted by Crippen LogP contribution is 2.14. The number of unbranched alkanes of at least 4 members (excludes halogenated alkanes) is 1. The molecule has 4 heteroatoms. The van der Waals surface area contributed by atoms with E-state index in [-0.39, 0.29) is 12.3 Å². The second-order valence-corrected chi connectivity index (χ2v) is 5.27. The lowest BCUT2D eigenvalue weighted by Gasteiger charge is -2.16. The zero-order chi connectivity index (χ0) is 16.2. The van der Waals surface area contributed by atoms with Crippen molar-refractivity contribution in [3.05, 3.63) is 29.8 Å². The van der Waals surface area contributed by atoms with Gasteiger partial charge in [0.1, 0.15) is 5.75 Å². The van der Waals surface area contributed by atoms with Crippen LogP contribution in [0.1, 0.15) is 52.0 Å². The van der Waals surface area contributed by atoms with Gasteiger partial charge >= 0.3 is 5.97 Å². The number of hydrogen-bond acceptors (Lipinski definition) is 4. The van der Waals surface area contributed by atoms with E-state index in [1.54, 1.807) is 0 Å². The fourth-order valence-corrected chi connectivity index (χ4v) is 2.07. The largest absolute Gasteiger partial charge is 0.427 e. The predicted molar refractivity (Wildman–Crippen MR) is 87.0 cm³/mol. The number of hydrogen-bond donors (Lipinski definition) is 0. The molecule has 1 atom stereocenters. The van der Waals surface area contributed by atoms with Gasteiger partial charge in [0.15, 0.2) is 6.29 Å². The van der Waals surface area contributed by atoms with Crippen LogP contribution in [0, 0.1) is 0 Å². The van der Waals surface area contributed by atoms with Crippen LogP contribution in [-0.4, -0.2) is 25.5 Å². The summed E-state index contributed by atoms with van der Waals surface area (Å²) in [5, 5.41) is 0. The maximum Gasteiger partial charge on any atom is 0.308 e. The Morgan fingerprint density at radius 2 is 1.73 bits per heavy atom. The minimum Gasteiger partial charge on any atom is -0.427 e. The minimum absolute atomic E-state index is 0.0667. The van der Waals surface area contributed by atoms with E-state index in [9.17, 15) is 4.79 Å². The molecule has 0 radical (unpaired) electrons. The van der Waals surface area contributed by atoms with Gasteiger partial charge in [-0.3, -0.25) is 4.79 Å². The van der Waals surface area contributed by atoms with Gasteiger partial charge in [0.25, 0.3) is 0 Å². The molecule has 0 aliphatic rings. The molecule has 0 spiro atoms. The van der Waals surface area contributed by atoms with E-state index in [0.29, 0.717) is 5.75 Å². The number of esters is 1. The van der Waals surface area contributed by atoms with Crippen LogP contribution >= 0.6 is 0 Å². The van der Waals surface area contributed by atoms with E-state index < -0.39 is 0 Å². The zero-order valence-electron chi connectivity index (χ0n) is 14.0. The standard InChI is InChI=1S/C18H28O4/c1-4-13-20-18(5-2)21-14-7-6-8-16-9-11-17(12-10-16)22-15(3)19/h9-12,18H,4-8,13-14H2,1-3H3. The summed E-state index contributed by atoms with van der Waals surface area (Å²) in [5.41, 5.74) is 1.24. The van der Waals surface area contributed by atoms with Crippen molar-refractivity contribution >= 4 is 5.97 Å². The highest BCUT2D eigenvalue weighted by atomic mass is 16.7. The van der Waals surface area contributed by atoms with Crippen molar-refractivity contribution in [2.75, 3.05) is 13.2 Å². The van der Waals surface area contributed by atoms with Crippen LogP contribution in [0.4, 0.5) is 0 Å². The highest BCUT2D eigenvalue weighted by Gasteiger charge is 2.05. The van der Waals surface area contributed by atoms with Crippen molar-refractivity contribution in [1.82, 2.24) is 0 Å². The van der Waals surface area contributed by atoms with Crippen molar-refractivity contribution in [1.29, 1.82) is 0 Å². The quantitative estimate of drug-likeness (QED) is 0.267. The monoisotopic (exact) mass is 308 g/mol. The Hall–Kier alpha value is -1.39. The minimum atomic E-state index is -0.291. The summed E-state index contributed by atoms with van der Waals surface area (Å²) in [7, 11) is 0. The number of rotatable bonds is 11. The van der Waals surface area contributed by atoms with Gasteiger partial charge in [-0.2, -0.15) is 0 Å². The topological polar surface area (TPSA) is 44.8 Å². The summed E-state index contributed by atoms with van der Waals surface area (Å²) >= 11 is 0. The van der Waals surface area contributed by atoms with Gasteiger partial charge in [0.2, 0.25) is 0 Å². The molecule has 0 aliphatic heterocycles. The Bertz CT molecular complexity index is 414. The van der Waals surface area contributed by atoms with Gasteiger partial charge in [-0.15, -0.1) is 0 Å². The maximum atomic E-state index is 10.8. The van der Waals surface area contributed by atoms with E-state index in [0.717, 1.165) is 45.3 Å². The third-order valence-electron chi connectivity index (χ3n) is 3.19. The average molecular weight is 308 g/mol. The van der Waals surface area contributed by atoms with Crippen LogP contribution in [0.3, 0.4) is 0 Å². The SMILES string of the molecule is CCCOC(CC)OCCCCc1ccc(OC(C)=O)cc1. The average Bonchev–Trinajstić information content (AvgIpc) is 2.51. The lowest BCUT2D eigenvalue weighted by atomic mass is 10.1. The van der Waals surface area contributed by atoms with Crippen molar-refractivity contribution in [3.8, 4) is 5.75 Å². The molecule has 1 aromatic rings. The first kappa shape index (κ1) is 18.7. The smallest absolute Gasteiger partial charge is 0.308 e. The van der Waals surface area contributed by atoms with E-state index in [1.165, 1.54) is 12.5 Å². The second kappa shape index (κ2) is 11.2. The molecular formula is C18H28O4. The maximum absolute atomic E-state index is 10.8. The molecule has 22 heavy (non-hydrogen) atoms. The number of carbonyl (C=O) groups is 1. The number of aryl methyl sites for hydroxylation is 1. The molecule has 0 aromatic heterocycles. The second-order valence-electron chi connectivity index (χ2n) is 5.27. The first-order valence-electron chi connectivity index (χ1n) is 8.16. The Kier molecular flexibility index (Phi) is 9.51. The molecule has 4 nitrogen and oxygen atoms in total. The Morgan fingerprint density at radius 3 is 2.32 bits per heavy atom. The first-order chi connectivity index (χ1) is 10.7. The molecule has 1 unspecified atom stereocenters. The van der Waals surface area contributed by atoms with Crippen LogP contribution in [0.5, 0.6) is 5.75 Å². The summed E-state index contributed by atoms with van der Waals surface area (Å²) in [5.74, 6) is 0.305. The number of carbonyl (C=O) groups excluding carboxylic acids is 1. The lowest BCUT2D eigenvalue weighted by Crippen LogP contribution is -2.17. The van der Waals surface area contributed by atoms with Crippen LogP contribution in [0.2, 0.25) is 0 Å². The van der Waals surface area contributed by atoms with Gasteiger partial charge < -0.3 is 14.2 Å². The molecular weight excluding hydrogens is 280 g/mol. The van der Waals surface area contributed by atoms with Gasteiger partial charge in [0.05, 0.1) is 0 Å². The van der Waals surface area contributed by atoms with Gasteiger partial charge in [0, 0.05) is 20.1 Å². The Morgan fingerprint density at radius 1 is 1.05 bits per heavy atom. The molecule has 124 valence electrons. The summed E-state index contributed by atoms with van der Waals surface area (Å²) < 4.78 is 16.3. The molecule has 0 bridgehead atoms. The molecule has 0 saturated carbocycles. The lowest BCUT2D eigenvalue weighted by molar-refractivity contribution is -0.144. The molecule has 0 amide bonds. The van der Waals surface area contributed by atoms with Crippen LogP contribution in [0.15, 0.2) is 24.3 Å². The molecule has 0 heterocycles. The summed E-state index contributed by atoms with van der Waals surface area (Å²) in [6, 6.07) is 7.66. The van der Waals surface area contributed by atoms with E-state index >= 15 is 0 Å². The summed E-state index contributed by atoms with van der Waals surface area (Å²) in [4.78, 5) is 10.8. The molecule has 0 saturated heterocycles.